The van der Waals surface area contributed by atoms with Gasteiger partial charge < -0.3 is 4.74 Å². The number of aliphatic imine (C=N–C) groups is 1. The van der Waals surface area contributed by atoms with E-state index in [0.29, 0.717) is 5.70 Å². The fourth-order valence-electron chi connectivity index (χ4n) is 1.27. The summed E-state index contributed by atoms with van der Waals surface area (Å²) in [5.41, 5.74) is 1.25. The number of Topliss-reactive ketones (excluding diaryl/α,β-unsaturated/α-hetero) is 1. The molecule has 0 N–H and O–H groups in total. The summed E-state index contributed by atoms with van der Waals surface area (Å²) in [7, 11) is 1.25. The number of ketones is 1. The van der Waals surface area contributed by atoms with E-state index >= 15 is 0 Å². The minimum atomic E-state index is -0.598. The average molecular weight is 181 g/mol. The van der Waals surface area contributed by atoms with Crippen LogP contribution in [0.5, 0.6) is 0 Å². The lowest BCUT2D eigenvalue weighted by atomic mass is 10.0. The molecule has 0 amide bonds. The summed E-state index contributed by atoms with van der Waals surface area (Å²) >= 11 is 0. The third-order valence-corrected chi connectivity index (χ3v) is 1.81. The molecule has 1 aliphatic rings. The maximum atomic E-state index is 11.4. The van der Waals surface area contributed by atoms with Gasteiger partial charge in [-0.2, -0.15) is 0 Å². The van der Waals surface area contributed by atoms with E-state index in [1.54, 1.807) is 13.8 Å². The topological polar surface area (TPSA) is 55.7 Å². The van der Waals surface area contributed by atoms with Crippen LogP contribution in [0.1, 0.15) is 20.3 Å². The highest BCUT2D eigenvalue weighted by Gasteiger charge is 2.25. The molecular formula is C9H11NO3. The molecule has 0 saturated carbocycles. The van der Waals surface area contributed by atoms with Crippen LogP contribution in [0.3, 0.4) is 0 Å². The molecule has 1 rings (SSSR count). The lowest BCUT2D eigenvalue weighted by molar-refractivity contribution is -0.137. The number of hydrogen-bond acceptors (Lipinski definition) is 4. The first-order chi connectivity index (χ1) is 6.06. The van der Waals surface area contributed by atoms with Gasteiger partial charge in [0.05, 0.1) is 12.8 Å². The molecule has 0 bridgehead atoms. The first-order valence-corrected chi connectivity index (χ1v) is 3.92. The summed E-state index contributed by atoms with van der Waals surface area (Å²) < 4.78 is 4.48. The Bertz CT molecular complexity index is 316. The van der Waals surface area contributed by atoms with Crippen LogP contribution >= 0.6 is 0 Å². The molecule has 0 fully saturated rings. The van der Waals surface area contributed by atoms with Gasteiger partial charge in [-0.15, -0.1) is 0 Å². The van der Waals surface area contributed by atoms with Crippen LogP contribution in [-0.4, -0.2) is 24.6 Å². The lowest BCUT2D eigenvalue weighted by Crippen LogP contribution is -2.21. The number of ether oxygens (including phenoxy) is 1. The fourth-order valence-corrected chi connectivity index (χ4v) is 1.27. The van der Waals surface area contributed by atoms with Gasteiger partial charge in [0.25, 0.3) is 0 Å². The van der Waals surface area contributed by atoms with Crippen LogP contribution in [0.4, 0.5) is 0 Å². The molecule has 1 aliphatic heterocycles. The molecule has 0 saturated heterocycles. The van der Waals surface area contributed by atoms with Crippen molar-refractivity contribution in [2.24, 2.45) is 4.99 Å². The van der Waals surface area contributed by atoms with Gasteiger partial charge in [0.1, 0.15) is 5.57 Å². The number of carbonyl (C=O) groups excluding carboxylic acids is 2. The molecule has 0 aromatic heterocycles. The van der Waals surface area contributed by atoms with E-state index in [-0.39, 0.29) is 17.8 Å². The monoisotopic (exact) mass is 181 g/mol. The second-order valence-electron chi connectivity index (χ2n) is 2.90. The Balaban J connectivity index is 3.11. The largest absolute Gasteiger partial charge is 0.465 e. The van der Waals surface area contributed by atoms with Crippen LogP contribution in [0, 0.1) is 0 Å². The number of rotatable bonds is 1. The van der Waals surface area contributed by atoms with Crippen molar-refractivity contribution in [2.45, 2.75) is 20.3 Å². The Morgan fingerprint density at radius 2 is 2.08 bits per heavy atom. The van der Waals surface area contributed by atoms with Gasteiger partial charge in [-0.25, -0.2) is 4.79 Å². The molecule has 0 atom stereocenters. The zero-order chi connectivity index (χ0) is 10.0. The number of carbonyl (C=O) groups is 2. The number of allylic oxidation sites excluding steroid dienone is 1. The van der Waals surface area contributed by atoms with Crippen molar-refractivity contribution in [1.82, 2.24) is 0 Å². The van der Waals surface area contributed by atoms with Gasteiger partial charge in [-0.1, -0.05) is 0 Å². The standard InChI is InChI=1S/C9H11NO3/c1-5-4-7(11)8(6(2)10-5)9(12)13-3/h4H2,1-3H3. The van der Waals surface area contributed by atoms with Crippen molar-refractivity contribution < 1.29 is 14.3 Å². The first-order valence-electron chi connectivity index (χ1n) is 3.92. The quantitative estimate of drug-likeness (QED) is 0.445. The molecule has 70 valence electrons. The summed E-state index contributed by atoms with van der Waals surface area (Å²) in [4.78, 5) is 26.6. The average Bonchev–Trinajstić information content (AvgIpc) is 2.02. The summed E-state index contributed by atoms with van der Waals surface area (Å²) in [5.74, 6) is -0.810. The molecular weight excluding hydrogens is 170 g/mol. The minimum Gasteiger partial charge on any atom is -0.465 e. The summed E-state index contributed by atoms with van der Waals surface area (Å²) in [6.07, 6.45) is 0.210. The molecule has 0 unspecified atom stereocenters. The number of methoxy groups -OCH3 is 1. The zero-order valence-corrected chi connectivity index (χ0v) is 7.88. The predicted molar refractivity (Wildman–Crippen MR) is 47.4 cm³/mol. The van der Waals surface area contributed by atoms with Gasteiger partial charge in [0.2, 0.25) is 0 Å². The van der Waals surface area contributed by atoms with Crippen LogP contribution in [0.25, 0.3) is 0 Å². The Morgan fingerprint density at radius 1 is 1.46 bits per heavy atom. The van der Waals surface area contributed by atoms with E-state index in [0.717, 1.165) is 5.71 Å². The Labute approximate surface area is 76.3 Å². The van der Waals surface area contributed by atoms with Gasteiger partial charge in [0.15, 0.2) is 5.78 Å². The van der Waals surface area contributed by atoms with E-state index < -0.39 is 5.97 Å². The SMILES string of the molecule is COC(=O)C1=C(C)N=C(C)CC1=O. The molecule has 0 radical (unpaired) electrons. The van der Waals surface area contributed by atoms with Crippen LogP contribution in [0.15, 0.2) is 16.3 Å². The van der Waals surface area contributed by atoms with Gasteiger partial charge in [-0.05, 0) is 13.8 Å². The zero-order valence-electron chi connectivity index (χ0n) is 7.88. The molecule has 0 aliphatic carbocycles. The highest BCUT2D eigenvalue weighted by Crippen LogP contribution is 2.16. The van der Waals surface area contributed by atoms with Crippen molar-refractivity contribution in [3.8, 4) is 0 Å². The van der Waals surface area contributed by atoms with Crippen LogP contribution < -0.4 is 0 Å². The Kier molecular flexibility index (Phi) is 2.60. The maximum Gasteiger partial charge on any atom is 0.343 e. The number of nitrogens with zero attached hydrogens (tertiary/aromatic N) is 1. The highest BCUT2D eigenvalue weighted by atomic mass is 16.5. The normalized spacial score (nSPS) is 17.2. The van der Waals surface area contributed by atoms with E-state index in [1.165, 1.54) is 7.11 Å². The second kappa shape index (κ2) is 3.51. The van der Waals surface area contributed by atoms with Crippen LogP contribution in [0.2, 0.25) is 0 Å². The minimum absolute atomic E-state index is 0.0769. The lowest BCUT2D eigenvalue weighted by Gasteiger charge is -2.11. The molecule has 0 aromatic carbocycles. The van der Waals surface area contributed by atoms with Gasteiger partial charge in [-0.3, -0.25) is 9.79 Å². The smallest absolute Gasteiger partial charge is 0.343 e. The molecule has 13 heavy (non-hydrogen) atoms. The first kappa shape index (κ1) is 9.64. The summed E-state index contributed by atoms with van der Waals surface area (Å²) in [6, 6.07) is 0. The van der Waals surface area contributed by atoms with E-state index in [4.69, 9.17) is 0 Å². The van der Waals surface area contributed by atoms with Gasteiger partial charge >= 0.3 is 5.97 Å². The van der Waals surface area contributed by atoms with Crippen molar-refractivity contribution >= 4 is 17.5 Å². The maximum absolute atomic E-state index is 11.4. The van der Waals surface area contributed by atoms with Gasteiger partial charge in [0, 0.05) is 12.1 Å². The summed E-state index contributed by atoms with van der Waals surface area (Å²) in [5, 5.41) is 0. The van der Waals surface area contributed by atoms with E-state index in [2.05, 4.69) is 9.73 Å². The van der Waals surface area contributed by atoms with Crippen molar-refractivity contribution in [3.05, 3.63) is 11.3 Å². The predicted octanol–water partition coefficient (Wildman–Crippen LogP) is 0.867. The van der Waals surface area contributed by atoms with Crippen LogP contribution in [-0.2, 0) is 14.3 Å². The number of esters is 1. The third kappa shape index (κ3) is 1.83. The van der Waals surface area contributed by atoms with E-state index in [1.807, 2.05) is 0 Å². The fraction of sp³-hybridized carbons (Fsp3) is 0.444. The second-order valence-corrected chi connectivity index (χ2v) is 2.90. The highest BCUT2D eigenvalue weighted by molar-refractivity contribution is 6.24. The molecule has 4 heteroatoms. The molecule has 1 heterocycles. The van der Waals surface area contributed by atoms with Crippen molar-refractivity contribution in [3.63, 3.8) is 0 Å². The third-order valence-electron chi connectivity index (χ3n) is 1.81. The Hall–Kier alpha value is -1.45. The summed E-state index contributed by atoms with van der Waals surface area (Å²) in [6.45, 7) is 3.39. The molecule has 0 aromatic rings. The van der Waals surface area contributed by atoms with E-state index in [9.17, 15) is 9.59 Å². The number of hydrogen-bond donors (Lipinski definition) is 0. The molecule has 0 spiro atoms. The Morgan fingerprint density at radius 3 is 2.54 bits per heavy atom. The van der Waals surface area contributed by atoms with Crippen molar-refractivity contribution in [2.75, 3.05) is 7.11 Å². The van der Waals surface area contributed by atoms with Crippen molar-refractivity contribution in [1.29, 1.82) is 0 Å². The molecule has 4 nitrogen and oxygen atoms in total.